The Labute approximate surface area is 142 Å². The van der Waals surface area contributed by atoms with Crippen LogP contribution in [0, 0.1) is 0 Å². The van der Waals surface area contributed by atoms with Crippen molar-refractivity contribution in [1.29, 1.82) is 0 Å². The van der Waals surface area contributed by atoms with Gasteiger partial charge in [-0.05, 0) is 24.3 Å². The van der Waals surface area contributed by atoms with Gasteiger partial charge < -0.3 is 13.9 Å². The average molecular weight is 351 g/mol. The van der Waals surface area contributed by atoms with E-state index >= 15 is 0 Å². The molecule has 0 aliphatic carbocycles. The Balaban J connectivity index is 1.76. The molecule has 0 bridgehead atoms. The number of benzene rings is 2. The van der Waals surface area contributed by atoms with Crippen molar-refractivity contribution < 1.29 is 18.7 Å². The summed E-state index contributed by atoms with van der Waals surface area (Å²) in [4.78, 5) is 12.1. The van der Waals surface area contributed by atoms with Crippen LogP contribution >= 0.6 is 23.2 Å². The van der Waals surface area contributed by atoms with Gasteiger partial charge in [-0.3, -0.25) is 4.79 Å². The van der Waals surface area contributed by atoms with Gasteiger partial charge in [-0.2, -0.15) is 0 Å². The highest BCUT2D eigenvalue weighted by molar-refractivity contribution is 6.42. The minimum Gasteiger partial charge on any atom is -0.497 e. The zero-order chi connectivity index (χ0) is 16.4. The molecule has 3 aromatic rings. The molecule has 4 nitrogen and oxygen atoms in total. The first-order chi connectivity index (χ1) is 11.1. The number of methoxy groups -OCH3 is 1. The number of halogens is 2. The number of hydrogen-bond donors (Lipinski definition) is 0. The van der Waals surface area contributed by atoms with Crippen LogP contribution < -0.4 is 9.47 Å². The molecule has 0 aliphatic heterocycles. The van der Waals surface area contributed by atoms with Gasteiger partial charge in [0.05, 0.1) is 29.8 Å². The van der Waals surface area contributed by atoms with Crippen molar-refractivity contribution in [3.8, 4) is 11.5 Å². The predicted octanol–water partition coefficient (Wildman–Crippen LogP) is 4.90. The highest BCUT2D eigenvalue weighted by Crippen LogP contribution is 2.28. The molecular formula is C17H12Cl2O4. The summed E-state index contributed by atoms with van der Waals surface area (Å²) in [5.74, 6) is 0.623. The lowest BCUT2D eigenvalue weighted by atomic mass is 10.1. The predicted molar refractivity (Wildman–Crippen MR) is 88.6 cm³/mol. The molecule has 0 atom stereocenters. The van der Waals surface area contributed by atoms with Gasteiger partial charge >= 0.3 is 5.97 Å². The van der Waals surface area contributed by atoms with E-state index in [0.29, 0.717) is 27.1 Å². The summed E-state index contributed by atoms with van der Waals surface area (Å²) < 4.78 is 15.9. The minimum atomic E-state index is -0.415. The molecule has 3 rings (SSSR count). The fourth-order valence-electron chi connectivity index (χ4n) is 2.19. The van der Waals surface area contributed by atoms with E-state index in [1.165, 1.54) is 6.07 Å². The van der Waals surface area contributed by atoms with E-state index in [1.807, 2.05) is 12.1 Å². The van der Waals surface area contributed by atoms with Crippen molar-refractivity contribution in [3.63, 3.8) is 0 Å². The Kier molecular flexibility index (Phi) is 4.46. The summed E-state index contributed by atoms with van der Waals surface area (Å²) in [6.45, 7) is 0. The quantitative estimate of drug-likeness (QED) is 0.496. The fraction of sp³-hybridized carbons (Fsp3) is 0.118. The van der Waals surface area contributed by atoms with Crippen LogP contribution in [0.15, 0.2) is 47.1 Å². The first-order valence-corrected chi connectivity index (χ1v) is 7.52. The third kappa shape index (κ3) is 3.44. The lowest BCUT2D eigenvalue weighted by Gasteiger charge is -2.05. The van der Waals surface area contributed by atoms with Gasteiger partial charge in [0, 0.05) is 23.1 Å². The Bertz CT molecular complexity index is 870. The zero-order valence-electron chi connectivity index (χ0n) is 12.1. The van der Waals surface area contributed by atoms with Crippen molar-refractivity contribution >= 4 is 40.1 Å². The maximum absolute atomic E-state index is 12.1. The van der Waals surface area contributed by atoms with Gasteiger partial charge in [0.1, 0.15) is 17.1 Å². The van der Waals surface area contributed by atoms with Gasteiger partial charge in [0.25, 0.3) is 0 Å². The molecule has 0 saturated heterocycles. The topological polar surface area (TPSA) is 48.7 Å². The lowest BCUT2D eigenvalue weighted by Crippen LogP contribution is -2.10. The number of fused-ring (bicyclic) bond motifs is 1. The molecule has 0 radical (unpaired) electrons. The molecule has 1 heterocycles. The molecule has 118 valence electrons. The zero-order valence-corrected chi connectivity index (χ0v) is 13.6. The molecule has 0 spiro atoms. The van der Waals surface area contributed by atoms with Gasteiger partial charge in [-0.25, -0.2) is 0 Å². The second-order valence-corrected chi connectivity index (χ2v) is 5.66. The Morgan fingerprint density at radius 3 is 2.61 bits per heavy atom. The maximum atomic E-state index is 12.1. The van der Waals surface area contributed by atoms with E-state index in [4.69, 9.17) is 37.1 Å². The van der Waals surface area contributed by atoms with E-state index < -0.39 is 5.97 Å². The van der Waals surface area contributed by atoms with Crippen molar-refractivity contribution in [1.82, 2.24) is 0 Å². The first kappa shape index (κ1) is 15.7. The number of carbonyl (C=O) groups excluding carboxylic acids is 1. The molecule has 0 unspecified atom stereocenters. The van der Waals surface area contributed by atoms with Crippen LogP contribution in [0.3, 0.4) is 0 Å². The highest BCUT2D eigenvalue weighted by atomic mass is 35.5. The van der Waals surface area contributed by atoms with Gasteiger partial charge in [-0.15, -0.1) is 0 Å². The van der Waals surface area contributed by atoms with E-state index in [-0.39, 0.29) is 6.42 Å². The van der Waals surface area contributed by atoms with Crippen molar-refractivity contribution in [2.45, 2.75) is 6.42 Å². The fourth-order valence-corrected chi connectivity index (χ4v) is 2.48. The molecule has 0 saturated carbocycles. The number of furan rings is 1. The molecule has 0 N–H and O–H groups in total. The van der Waals surface area contributed by atoms with Crippen LogP contribution in [0.4, 0.5) is 0 Å². The number of carbonyl (C=O) groups is 1. The van der Waals surface area contributed by atoms with Gasteiger partial charge in [0.2, 0.25) is 0 Å². The SMILES string of the molecule is COc1ccc2c(CC(=O)Oc3ccc(Cl)c(Cl)c3)coc2c1. The smallest absolute Gasteiger partial charge is 0.315 e. The first-order valence-electron chi connectivity index (χ1n) is 6.76. The van der Waals surface area contributed by atoms with Crippen LogP contribution in [0.25, 0.3) is 11.0 Å². The number of hydrogen-bond acceptors (Lipinski definition) is 4. The maximum Gasteiger partial charge on any atom is 0.315 e. The van der Waals surface area contributed by atoms with Gasteiger partial charge in [0.15, 0.2) is 0 Å². The lowest BCUT2D eigenvalue weighted by molar-refractivity contribution is -0.133. The molecule has 23 heavy (non-hydrogen) atoms. The normalized spacial score (nSPS) is 10.7. The van der Waals surface area contributed by atoms with E-state index in [0.717, 1.165) is 10.9 Å². The molecule has 0 amide bonds. The molecular weight excluding hydrogens is 339 g/mol. The molecule has 0 aliphatic rings. The summed E-state index contributed by atoms with van der Waals surface area (Å²) in [6, 6.07) is 10.1. The second-order valence-electron chi connectivity index (χ2n) is 4.85. The number of rotatable bonds is 4. The standard InChI is InChI=1S/C17H12Cl2O4/c1-21-11-2-4-13-10(9-22-16(13)8-11)6-17(20)23-12-3-5-14(18)15(19)7-12/h2-5,7-9H,6H2,1H3. The van der Waals surface area contributed by atoms with E-state index in [1.54, 1.807) is 31.6 Å². The average Bonchev–Trinajstić information content (AvgIpc) is 2.93. The molecule has 2 aromatic carbocycles. The van der Waals surface area contributed by atoms with Crippen molar-refractivity contribution in [2.24, 2.45) is 0 Å². The van der Waals surface area contributed by atoms with E-state index in [2.05, 4.69) is 0 Å². The Hall–Kier alpha value is -2.17. The second kappa shape index (κ2) is 6.52. The third-order valence-electron chi connectivity index (χ3n) is 3.32. The highest BCUT2D eigenvalue weighted by Gasteiger charge is 2.13. The van der Waals surface area contributed by atoms with Crippen LogP contribution in [0.2, 0.25) is 10.0 Å². The van der Waals surface area contributed by atoms with Crippen LogP contribution in [-0.4, -0.2) is 13.1 Å². The van der Waals surface area contributed by atoms with Crippen LogP contribution in [-0.2, 0) is 11.2 Å². The minimum absolute atomic E-state index is 0.0829. The summed E-state index contributed by atoms with van der Waals surface area (Å²) in [5, 5.41) is 1.58. The number of ether oxygens (including phenoxy) is 2. The summed E-state index contributed by atoms with van der Waals surface area (Å²) in [6.07, 6.45) is 1.62. The number of esters is 1. The van der Waals surface area contributed by atoms with Crippen LogP contribution in [0.1, 0.15) is 5.56 Å². The van der Waals surface area contributed by atoms with Gasteiger partial charge in [-0.1, -0.05) is 23.2 Å². The van der Waals surface area contributed by atoms with Crippen molar-refractivity contribution in [3.05, 3.63) is 58.3 Å². The molecule has 0 fully saturated rings. The van der Waals surface area contributed by atoms with Crippen LogP contribution in [0.5, 0.6) is 11.5 Å². The summed E-state index contributed by atoms with van der Waals surface area (Å²) in [5.41, 5.74) is 1.40. The molecule has 6 heteroatoms. The largest absolute Gasteiger partial charge is 0.497 e. The third-order valence-corrected chi connectivity index (χ3v) is 4.06. The summed E-state index contributed by atoms with van der Waals surface area (Å²) in [7, 11) is 1.58. The Morgan fingerprint density at radius 1 is 1.09 bits per heavy atom. The summed E-state index contributed by atoms with van der Waals surface area (Å²) >= 11 is 11.7. The Morgan fingerprint density at radius 2 is 1.87 bits per heavy atom. The molecule has 1 aromatic heterocycles. The van der Waals surface area contributed by atoms with Crippen molar-refractivity contribution in [2.75, 3.05) is 7.11 Å². The monoisotopic (exact) mass is 350 g/mol. The van der Waals surface area contributed by atoms with E-state index in [9.17, 15) is 4.79 Å².